The minimum atomic E-state index is 0.814. The summed E-state index contributed by atoms with van der Waals surface area (Å²) in [4.78, 5) is 5.70. The van der Waals surface area contributed by atoms with Crippen LogP contribution in [0.4, 0.5) is 0 Å². The third-order valence-electron chi connectivity index (χ3n) is 2.22. The summed E-state index contributed by atoms with van der Waals surface area (Å²) in [7, 11) is 0. The molecule has 0 aliphatic carbocycles. The predicted molar refractivity (Wildman–Crippen MR) is 54.9 cm³/mol. The van der Waals surface area contributed by atoms with Gasteiger partial charge in [0.15, 0.2) is 0 Å². The molecule has 0 amide bonds. The van der Waals surface area contributed by atoms with Gasteiger partial charge in [0, 0.05) is 17.3 Å². The van der Waals surface area contributed by atoms with Crippen LogP contribution in [0.15, 0.2) is 34.8 Å². The van der Waals surface area contributed by atoms with E-state index in [1.165, 1.54) is 10.6 Å². The number of aromatic nitrogens is 1. The maximum Gasteiger partial charge on any atom is 0.0754 e. The lowest BCUT2D eigenvalue weighted by Crippen LogP contribution is -1.95. The molecule has 0 aromatic carbocycles. The molecule has 3 heteroatoms. The first kappa shape index (κ1) is 7.09. The summed E-state index contributed by atoms with van der Waals surface area (Å²) < 4.78 is 2.18. The minimum absolute atomic E-state index is 0.814. The molecule has 1 aliphatic heterocycles. The van der Waals surface area contributed by atoms with Crippen molar-refractivity contribution in [2.45, 2.75) is 6.54 Å². The van der Waals surface area contributed by atoms with Gasteiger partial charge in [-0.2, -0.15) is 0 Å². The van der Waals surface area contributed by atoms with Gasteiger partial charge in [0.1, 0.15) is 0 Å². The molecule has 64 valence electrons. The van der Waals surface area contributed by atoms with Crippen molar-refractivity contribution < 1.29 is 0 Å². The largest absolute Gasteiger partial charge is 0.314 e. The normalized spacial score (nSPS) is 13.5. The van der Waals surface area contributed by atoms with Crippen LogP contribution in [0.5, 0.6) is 0 Å². The Morgan fingerprint density at radius 1 is 1.38 bits per heavy atom. The van der Waals surface area contributed by atoms with Crippen LogP contribution in [0, 0.1) is 0 Å². The summed E-state index contributed by atoms with van der Waals surface area (Å²) in [5, 5.41) is 2.12. The van der Waals surface area contributed by atoms with Gasteiger partial charge in [-0.25, -0.2) is 0 Å². The highest BCUT2D eigenvalue weighted by molar-refractivity contribution is 7.10. The molecule has 2 aromatic rings. The Bertz CT molecular complexity index is 465. The van der Waals surface area contributed by atoms with Crippen LogP contribution in [-0.4, -0.2) is 10.8 Å². The Kier molecular flexibility index (Phi) is 1.40. The predicted octanol–water partition coefficient (Wildman–Crippen LogP) is 2.47. The standard InChI is InChI=1S/C10H8N2S/c1-2-8-6-11-7-10-9(3-5-13-10)12(8)4-1/h1-6H,7H2. The molecule has 0 unspecified atom stereocenters. The first-order valence-electron chi connectivity index (χ1n) is 4.19. The molecule has 1 aliphatic rings. The van der Waals surface area contributed by atoms with E-state index in [4.69, 9.17) is 0 Å². The number of rotatable bonds is 0. The summed E-state index contributed by atoms with van der Waals surface area (Å²) in [5.74, 6) is 0. The van der Waals surface area contributed by atoms with Crippen LogP contribution >= 0.6 is 11.3 Å². The number of aliphatic imine (C=N–C) groups is 1. The number of fused-ring (bicyclic) bond motifs is 3. The second kappa shape index (κ2) is 2.57. The summed E-state index contributed by atoms with van der Waals surface area (Å²) in [6.45, 7) is 0.814. The van der Waals surface area contributed by atoms with Crippen LogP contribution < -0.4 is 0 Å². The van der Waals surface area contributed by atoms with Gasteiger partial charge in [-0.3, -0.25) is 4.99 Å². The highest BCUT2D eigenvalue weighted by atomic mass is 32.1. The van der Waals surface area contributed by atoms with Crippen molar-refractivity contribution in [1.82, 2.24) is 4.57 Å². The highest BCUT2D eigenvalue weighted by Gasteiger charge is 2.10. The minimum Gasteiger partial charge on any atom is -0.314 e. The zero-order valence-electron chi connectivity index (χ0n) is 6.97. The lowest BCUT2D eigenvalue weighted by Gasteiger charge is -2.02. The first-order chi connectivity index (χ1) is 6.45. The Morgan fingerprint density at radius 2 is 2.38 bits per heavy atom. The summed E-state index contributed by atoms with van der Waals surface area (Å²) >= 11 is 1.77. The summed E-state index contributed by atoms with van der Waals surface area (Å²) in [6.07, 6.45) is 4.02. The van der Waals surface area contributed by atoms with E-state index in [0.717, 1.165) is 12.2 Å². The Balaban J connectivity index is 2.34. The van der Waals surface area contributed by atoms with Gasteiger partial charge in [-0.1, -0.05) is 0 Å². The molecule has 3 heterocycles. The number of thiophene rings is 1. The Hall–Kier alpha value is -1.35. The van der Waals surface area contributed by atoms with Crippen molar-refractivity contribution in [2.75, 3.05) is 0 Å². The summed E-state index contributed by atoms with van der Waals surface area (Å²) in [5.41, 5.74) is 2.44. The second-order valence-corrected chi connectivity index (χ2v) is 4.00. The fraction of sp³-hybridized carbons (Fsp3) is 0.100. The van der Waals surface area contributed by atoms with Gasteiger partial charge in [0.2, 0.25) is 0 Å². The monoisotopic (exact) mass is 188 g/mol. The molecule has 0 saturated carbocycles. The van der Waals surface area contributed by atoms with Gasteiger partial charge in [0.05, 0.1) is 17.9 Å². The summed E-state index contributed by atoms with van der Waals surface area (Å²) in [6, 6.07) is 6.28. The number of nitrogens with zero attached hydrogens (tertiary/aromatic N) is 2. The van der Waals surface area contributed by atoms with Gasteiger partial charge in [0.25, 0.3) is 0 Å². The van der Waals surface area contributed by atoms with Gasteiger partial charge < -0.3 is 4.57 Å². The highest BCUT2D eigenvalue weighted by Crippen LogP contribution is 2.25. The molecule has 0 atom stereocenters. The lowest BCUT2D eigenvalue weighted by molar-refractivity contribution is 1.05. The van der Waals surface area contributed by atoms with Crippen molar-refractivity contribution in [1.29, 1.82) is 0 Å². The van der Waals surface area contributed by atoms with Crippen LogP contribution in [0.3, 0.4) is 0 Å². The van der Waals surface area contributed by atoms with E-state index in [9.17, 15) is 0 Å². The number of hydrogen-bond donors (Lipinski definition) is 0. The third kappa shape index (κ3) is 0.971. The zero-order chi connectivity index (χ0) is 8.67. The van der Waals surface area contributed by atoms with Crippen LogP contribution in [0.25, 0.3) is 5.69 Å². The van der Waals surface area contributed by atoms with Gasteiger partial charge >= 0.3 is 0 Å². The van der Waals surface area contributed by atoms with Gasteiger partial charge in [-0.05, 0) is 23.6 Å². The molecule has 0 saturated heterocycles. The quantitative estimate of drug-likeness (QED) is 0.604. The van der Waals surface area contributed by atoms with E-state index in [2.05, 4.69) is 33.3 Å². The molecule has 13 heavy (non-hydrogen) atoms. The second-order valence-electron chi connectivity index (χ2n) is 3.00. The van der Waals surface area contributed by atoms with E-state index in [1.807, 2.05) is 12.3 Å². The molecule has 0 fully saturated rings. The van der Waals surface area contributed by atoms with Crippen molar-refractivity contribution >= 4 is 17.6 Å². The van der Waals surface area contributed by atoms with E-state index >= 15 is 0 Å². The molecular formula is C10H8N2S. The average Bonchev–Trinajstić information content (AvgIpc) is 2.72. The maximum absolute atomic E-state index is 4.36. The molecular weight excluding hydrogens is 180 g/mol. The maximum atomic E-state index is 4.36. The molecule has 2 nitrogen and oxygen atoms in total. The Morgan fingerprint density at radius 3 is 3.38 bits per heavy atom. The third-order valence-corrected chi connectivity index (χ3v) is 3.12. The molecule has 2 aromatic heterocycles. The van der Waals surface area contributed by atoms with Gasteiger partial charge in [-0.15, -0.1) is 11.3 Å². The fourth-order valence-electron chi connectivity index (χ4n) is 1.61. The van der Waals surface area contributed by atoms with Crippen molar-refractivity contribution in [2.24, 2.45) is 4.99 Å². The van der Waals surface area contributed by atoms with E-state index in [0.29, 0.717) is 0 Å². The van der Waals surface area contributed by atoms with E-state index in [-0.39, 0.29) is 0 Å². The van der Waals surface area contributed by atoms with E-state index in [1.54, 1.807) is 11.3 Å². The average molecular weight is 188 g/mol. The van der Waals surface area contributed by atoms with Crippen LogP contribution in [0.1, 0.15) is 10.6 Å². The molecule has 0 bridgehead atoms. The number of hydrogen-bond acceptors (Lipinski definition) is 2. The first-order valence-corrected chi connectivity index (χ1v) is 5.07. The van der Waals surface area contributed by atoms with Crippen molar-refractivity contribution in [3.05, 3.63) is 40.3 Å². The zero-order valence-corrected chi connectivity index (χ0v) is 7.79. The van der Waals surface area contributed by atoms with Crippen LogP contribution in [-0.2, 0) is 6.54 Å². The van der Waals surface area contributed by atoms with E-state index < -0.39 is 0 Å². The fourth-order valence-corrected chi connectivity index (χ4v) is 2.41. The SMILES string of the molecule is C1=NCc2sccc2-n2cccc21. The molecule has 0 spiro atoms. The molecule has 0 N–H and O–H groups in total. The van der Waals surface area contributed by atoms with Crippen LogP contribution in [0.2, 0.25) is 0 Å². The Labute approximate surface area is 80.2 Å². The topological polar surface area (TPSA) is 17.3 Å². The van der Waals surface area contributed by atoms with Crippen molar-refractivity contribution in [3.8, 4) is 5.69 Å². The molecule has 3 rings (SSSR count). The van der Waals surface area contributed by atoms with Crippen molar-refractivity contribution in [3.63, 3.8) is 0 Å². The molecule has 0 radical (unpaired) electrons. The lowest BCUT2D eigenvalue weighted by atomic mass is 10.4. The smallest absolute Gasteiger partial charge is 0.0754 e.